The van der Waals surface area contributed by atoms with Gasteiger partial charge in [0.15, 0.2) is 17.3 Å². The second kappa shape index (κ2) is 3.30. The highest BCUT2D eigenvalue weighted by molar-refractivity contribution is 5.95. The number of carboxylic acids is 1. The molecule has 0 saturated heterocycles. The molecule has 6 heteroatoms. The molecule has 2 rings (SSSR count). The van der Waals surface area contributed by atoms with Gasteiger partial charge in [0.1, 0.15) is 18.8 Å². The summed E-state index contributed by atoms with van der Waals surface area (Å²) in [5.74, 6) is -2.46. The molecule has 3 N–H and O–H groups in total. The Bertz CT molecular complexity index is 433. The number of hydrogen-bond acceptors (Lipinski definition) is 4. The molecular weight excluding hydrogens is 205 g/mol. The van der Waals surface area contributed by atoms with E-state index in [-0.39, 0.29) is 30.4 Å². The van der Waals surface area contributed by atoms with E-state index < -0.39 is 17.3 Å². The smallest absolute Gasteiger partial charge is 0.340 e. The van der Waals surface area contributed by atoms with Crippen LogP contribution in [0.5, 0.6) is 11.5 Å². The number of anilines is 1. The lowest BCUT2D eigenvalue weighted by molar-refractivity contribution is 0.0690. The van der Waals surface area contributed by atoms with Crippen LogP contribution in [0.1, 0.15) is 10.4 Å². The number of nitrogens with two attached hydrogens (primary N) is 1. The number of nitrogen functional groups attached to an aromatic ring is 1. The molecule has 1 aliphatic rings. The van der Waals surface area contributed by atoms with Crippen molar-refractivity contribution in [2.45, 2.75) is 0 Å². The number of ether oxygens (including phenoxy) is 2. The molecule has 0 bridgehead atoms. The number of hydrogen-bond donors (Lipinski definition) is 2. The molecule has 0 unspecified atom stereocenters. The Labute approximate surface area is 84.2 Å². The van der Waals surface area contributed by atoms with Crippen molar-refractivity contribution in [2.75, 3.05) is 18.9 Å². The monoisotopic (exact) mass is 213 g/mol. The van der Waals surface area contributed by atoms with E-state index in [2.05, 4.69) is 0 Å². The van der Waals surface area contributed by atoms with E-state index in [0.29, 0.717) is 0 Å². The van der Waals surface area contributed by atoms with Gasteiger partial charge in [0.05, 0.1) is 5.69 Å². The van der Waals surface area contributed by atoms with E-state index in [1.54, 1.807) is 0 Å². The van der Waals surface area contributed by atoms with Gasteiger partial charge < -0.3 is 20.3 Å². The van der Waals surface area contributed by atoms with Gasteiger partial charge >= 0.3 is 5.97 Å². The quantitative estimate of drug-likeness (QED) is 0.676. The van der Waals surface area contributed by atoms with Crippen molar-refractivity contribution in [3.8, 4) is 11.5 Å². The van der Waals surface area contributed by atoms with E-state index in [1.807, 2.05) is 0 Å². The lowest BCUT2D eigenvalue weighted by Gasteiger charge is -2.20. The van der Waals surface area contributed by atoms with E-state index in [4.69, 9.17) is 20.3 Å². The van der Waals surface area contributed by atoms with Crippen LogP contribution < -0.4 is 15.2 Å². The van der Waals surface area contributed by atoms with Crippen molar-refractivity contribution in [3.05, 3.63) is 17.4 Å². The maximum atomic E-state index is 13.6. The maximum Gasteiger partial charge on any atom is 0.340 e. The molecule has 5 nitrogen and oxygen atoms in total. The van der Waals surface area contributed by atoms with Crippen LogP contribution in [-0.2, 0) is 0 Å². The third kappa shape index (κ3) is 1.43. The number of carbonyl (C=O) groups is 1. The molecule has 0 saturated carbocycles. The number of benzene rings is 1. The van der Waals surface area contributed by atoms with Crippen LogP contribution in [0.3, 0.4) is 0 Å². The molecule has 1 aromatic carbocycles. The summed E-state index contributed by atoms with van der Waals surface area (Å²) in [6, 6.07) is 1.25. The summed E-state index contributed by atoms with van der Waals surface area (Å²) in [6.45, 7) is 0.477. The molecule has 0 fully saturated rings. The van der Waals surface area contributed by atoms with Crippen LogP contribution in [-0.4, -0.2) is 24.3 Å². The molecule has 15 heavy (non-hydrogen) atoms. The van der Waals surface area contributed by atoms with E-state index >= 15 is 0 Å². The second-order valence-electron chi connectivity index (χ2n) is 2.98. The molecule has 0 radical (unpaired) electrons. The third-order valence-corrected chi connectivity index (χ3v) is 2.02. The van der Waals surface area contributed by atoms with Gasteiger partial charge in [-0.05, 0) is 0 Å². The summed E-state index contributed by atoms with van der Waals surface area (Å²) in [5.41, 5.74) is 4.63. The summed E-state index contributed by atoms with van der Waals surface area (Å²) in [4.78, 5) is 10.7. The Balaban J connectivity index is 2.64. The van der Waals surface area contributed by atoms with Gasteiger partial charge in [-0.25, -0.2) is 9.18 Å². The summed E-state index contributed by atoms with van der Waals surface area (Å²) < 4.78 is 23.7. The molecule has 0 spiro atoms. The normalized spacial score (nSPS) is 13.7. The lowest BCUT2D eigenvalue weighted by atomic mass is 10.1. The first kappa shape index (κ1) is 9.57. The minimum absolute atomic E-state index is 0.140. The summed E-state index contributed by atoms with van der Waals surface area (Å²) in [7, 11) is 0. The van der Waals surface area contributed by atoms with Crippen LogP contribution in [0.2, 0.25) is 0 Å². The molecule has 1 aromatic rings. The fourth-order valence-electron chi connectivity index (χ4n) is 1.38. The first-order valence-corrected chi connectivity index (χ1v) is 4.22. The van der Waals surface area contributed by atoms with E-state index in [1.165, 1.54) is 6.07 Å². The predicted molar refractivity (Wildman–Crippen MR) is 48.8 cm³/mol. The van der Waals surface area contributed by atoms with Crippen molar-refractivity contribution < 1.29 is 23.8 Å². The van der Waals surface area contributed by atoms with Gasteiger partial charge in [-0.15, -0.1) is 0 Å². The zero-order valence-corrected chi connectivity index (χ0v) is 7.62. The van der Waals surface area contributed by atoms with Crippen LogP contribution >= 0.6 is 0 Å². The number of aromatic carboxylic acids is 1. The minimum atomic E-state index is -1.43. The second-order valence-corrected chi connectivity index (χ2v) is 2.98. The van der Waals surface area contributed by atoms with Gasteiger partial charge in [-0.1, -0.05) is 0 Å². The van der Waals surface area contributed by atoms with Crippen molar-refractivity contribution in [2.24, 2.45) is 0 Å². The van der Waals surface area contributed by atoms with Gasteiger partial charge in [-0.2, -0.15) is 0 Å². The highest BCUT2D eigenvalue weighted by atomic mass is 19.1. The predicted octanol–water partition coefficient (Wildman–Crippen LogP) is 0.877. The largest absolute Gasteiger partial charge is 0.486 e. The number of fused-ring (bicyclic) bond motifs is 1. The summed E-state index contributed by atoms with van der Waals surface area (Å²) in [5, 5.41) is 8.73. The first-order chi connectivity index (χ1) is 7.11. The van der Waals surface area contributed by atoms with Crippen molar-refractivity contribution in [1.82, 2.24) is 0 Å². The highest BCUT2D eigenvalue weighted by Gasteiger charge is 2.25. The average molecular weight is 213 g/mol. The van der Waals surface area contributed by atoms with Crippen molar-refractivity contribution >= 4 is 11.7 Å². The van der Waals surface area contributed by atoms with Crippen molar-refractivity contribution in [1.29, 1.82) is 0 Å². The van der Waals surface area contributed by atoms with E-state index in [0.717, 1.165) is 0 Å². The van der Waals surface area contributed by atoms with Crippen LogP contribution in [0.15, 0.2) is 6.07 Å². The fourth-order valence-corrected chi connectivity index (χ4v) is 1.38. The molecule has 1 aliphatic heterocycles. The molecular formula is C9H8FNO4. The Kier molecular flexibility index (Phi) is 2.11. The summed E-state index contributed by atoms with van der Waals surface area (Å²) >= 11 is 0. The SMILES string of the molecule is Nc1cc2c(c(F)c1C(=O)O)OCCO2. The molecule has 0 aliphatic carbocycles. The van der Waals surface area contributed by atoms with Gasteiger partial charge in [0.25, 0.3) is 0 Å². The number of rotatable bonds is 1. The van der Waals surface area contributed by atoms with Gasteiger partial charge in [0, 0.05) is 6.07 Å². The molecule has 1 heterocycles. The average Bonchev–Trinajstić information content (AvgIpc) is 2.17. The Morgan fingerprint density at radius 3 is 2.80 bits per heavy atom. The van der Waals surface area contributed by atoms with Gasteiger partial charge in [0.2, 0.25) is 0 Å². The topological polar surface area (TPSA) is 81.8 Å². The van der Waals surface area contributed by atoms with Crippen molar-refractivity contribution in [3.63, 3.8) is 0 Å². The molecule has 80 valence electrons. The highest BCUT2D eigenvalue weighted by Crippen LogP contribution is 2.37. The molecule has 0 aromatic heterocycles. The molecule has 0 amide bonds. The van der Waals surface area contributed by atoms with Crippen LogP contribution in [0, 0.1) is 5.82 Å². The Morgan fingerprint density at radius 2 is 2.13 bits per heavy atom. The third-order valence-electron chi connectivity index (χ3n) is 2.02. The van der Waals surface area contributed by atoms with Crippen LogP contribution in [0.4, 0.5) is 10.1 Å². The summed E-state index contributed by atoms with van der Waals surface area (Å²) in [6.07, 6.45) is 0. The maximum absolute atomic E-state index is 13.6. The zero-order chi connectivity index (χ0) is 11.0. The first-order valence-electron chi connectivity index (χ1n) is 4.22. The standard InChI is InChI=1S/C9H8FNO4/c10-7-6(9(12)13)4(11)3-5-8(7)15-2-1-14-5/h3H,1-2,11H2,(H,12,13). The fraction of sp³-hybridized carbons (Fsp3) is 0.222. The number of halogens is 1. The zero-order valence-electron chi connectivity index (χ0n) is 7.62. The molecule has 0 atom stereocenters. The van der Waals surface area contributed by atoms with Gasteiger partial charge in [-0.3, -0.25) is 0 Å². The number of carboxylic acid groups (broad SMARTS) is 1. The minimum Gasteiger partial charge on any atom is -0.486 e. The Hall–Kier alpha value is -1.98. The van der Waals surface area contributed by atoms with E-state index in [9.17, 15) is 9.18 Å². The lowest BCUT2D eigenvalue weighted by Crippen LogP contribution is -2.18. The Morgan fingerprint density at radius 1 is 1.47 bits per heavy atom. The van der Waals surface area contributed by atoms with Crippen LogP contribution in [0.25, 0.3) is 0 Å².